The van der Waals surface area contributed by atoms with Crippen LogP contribution < -0.4 is 5.32 Å². The Balaban J connectivity index is 2.92. The van der Waals surface area contributed by atoms with Crippen molar-refractivity contribution in [1.29, 1.82) is 0 Å². The van der Waals surface area contributed by atoms with Gasteiger partial charge in [0.25, 0.3) is 0 Å². The molecule has 1 atom stereocenters. The van der Waals surface area contributed by atoms with Crippen molar-refractivity contribution in [1.82, 2.24) is 5.32 Å². The average molecular weight is 260 g/mol. The van der Waals surface area contributed by atoms with Crippen molar-refractivity contribution >= 4 is 23.2 Å². The third-order valence-electron chi connectivity index (χ3n) is 2.78. The van der Waals surface area contributed by atoms with Crippen LogP contribution in [0.3, 0.4) is 0 Å². The fraction of sp³-hybridized carbons (Fsp3) is 0.538. The van der Waals surface area contributed by atoms with Crippen molar-refractivity contribution < 1.29 is 0 Å². The number of hydrogen-bond donors (Lipinski definition) is 1. The monoisotopic (exact) mass is 259 g/mol. The first-order chi connectivity index (χ1) is 7.56. The van der Waals surface area contributed by atoms with Gasteiger partial charge in [-0.3, -0.25) is 0 Å². The normalized spacial score (nSPS) is 13.1. The first-order valence-corrected chi connectivity index (χ1v) is 6.47. The maximum absolute atomic E-state index is 6.24. The molecule has 1 rings (SSSR count). The predicted molar refractivity (Wildman–Crippen MR) is 72.6 cm³/mol. The van der Waals surface area contributed by atoms with E-state index in [0.717, 1.165) is 18.1 Å². The molecule has 0 spiro atoms. The lowest BCUT2D eigenvalue weighted by Crippen LogP contribution is -2.24. The molecule has 1 nitrogen and oxygen atoms in total. The van der Waals surface area contributed by atoms with Crippen LogP contribution in [0.4, 0.5) is 0 Å². The summed E-state index contributed by atoms with van der Waals surface area (Å²) in [5.74, 6) is 0.988. The van der Waals surface area contributed by atoms with Gasteiger partial charge in [-0.25, -0.2) is 0 Å². The molecule has 1 aromatic carbocycles. The summed E-state index contributed by atoms with van der Waals surface area (Å²) in [6.45, 7) is 8.48. The Morgan fingerprint density at radius 2 is 1.94 bits per heavy atom. The van der Waals surface area contributed by atoms with Crippen LogP contribution in [-0.2, 0) is 0 Å². The van der Waals surface area contributed by atoms with Gasteiger partial charge in [0.2, 0.25) is 0 Å². The quantitative estimate of drug-likeness (QED) is 0.830. The summed E-state index contributed by atoms with van der Waals surface area (Å²) in [5.41, 5.74) is 1.18. The maximum atomic E-state index is 6.24. The van der Waals surface area contributed by atoms with E-state index in [2.05, 4.69) is 26.1 Å². The molecule has 16 heavy (non-hydrogen) atoms. The van der Waals surface area contributed by atoms with Gasteiger partial charge in [0.05, 0.1) is 0 Å². The van der Waals surface area contributed by atoms with Gasteiger partial charge in [-0.1, -0.05) is 50.0 Å². The topological polar surface area (TPSA) is 12.0 Å². The number of benzene rings is 1. The van der Waals surface area contributed by atoms with Crippen molar-refractivity contribution in [3.05, 3.63) is 33.8 Å². The Morgan fingerprint density at radius 3 is 2.44 bits per heavy atom. The van der Waals surface area contributed by atoms with Gasteiger partial charge in [-0.2, -0.15) is 0 Å². The van der Waals surface area contributed by atoms with Crippen LogP contribution in [-0.4, -0.2) is 13.1 Å². The predicted octanol–water partition coefficient (Wildman–Crippen LogP) is 4.34. The zero-order valence-corrected chi connectivity index (χ0v) is 11.6. The highest BCUT2D eigenvalue weighted by atomic mass is 35.5. The summed E-state index contributed by atoms with van der Waals surface area (Å²) in [6, 6.07) is 5.76. The number of halogens is 2. The zero-order valence-electron chi connectivity index (χ0n) is 10.1. The molecule has 1 N–H and O–H groups in total. The minimum Gasteiger partial charge on any atom is -0.316 e. The average Bonchev–Trinajstić information content (AvgIpc) is 2.20. The third kappa shape index (κ3) is 3.65. The summed E-state index contributed by atoms with van der Waals surface area (Å²) >= 11 is 12.1. The van der Waals surface area contributed by atoms with Crippen molar-refractivity contribution in [2.24, 2.45) is 5.92 Å². The van der Waals surface area contributed by atoms with Crippen LogP contribution in [0.25, 0.3) is 0 Å². The van der Waals surface area contributed by atoms with Gasteiger partial charge in [0, 0.05) is 22.5 Å². The molecule has 0 fully saturated rings. The number of rotatable bonds is 5. The van der Waals surface area contributed by atoms with Crippen LogP contribution >= 0.6 is 23.2 Å². The Morgan fingerprint density at radius 1 is 1.25 bits per heavy atom. The number of nitrogens with one attached hydrogen (secondary N) is 1. The molecule has 0 aliphatic rings. The molecule has 0 saturated heterocycles. The second-order valence-electron chi connectivity index (χ2n) is 4.32. The molecule has 1 unspecified atom stereocenters. The Kier molecular flexibility index (Phi) is 5.60. The van der Waals surface area contributed by atoms with Crippen LogP contribution in [0.15, 0.2) is 18.2 Å². The van der Waals surface area contributed by atoms with Crippen molar-refractivity contribution in [2.45, 2.75) is 26.7 Å². The summed E-state index contributed by atoms with van der Waals surface area (Å²) in [7, 11) is 0. The number of hydrogen-bond acceptors (Lipinski definition) is 1. The van der Waals surface area contributed by atoms with Crippen molar-refractivity contribution in [3.63, 3.8) is 0 Å². The van der Waals surface area contributed by atoms with Crippen LogP contribution in [0.2, 0.25) is 10.0 Å². The smallest absolute Gasteiger partial charge is 0.0456 e. The lowest BCUT2D eigenvalue weighted by Gasteiger charge is -2.22. The van der Waals surface area contributed by atoms with Gasteiger partial charge in [-0.15, -0.1) is 0 Å². The largest absolute Gasteiger partial charge is 0.316 e. The van der Waals surface area contributed by atoms with E-state index in [0.29, 0.717) is 16.9 Å². The lowest BCUT2D eigenvalue weighted by atomic mass is 9.88. The summed E-state index contributed by atoms with van der Waals surface area (Å²) in [4.78, 5) is 0. The molecular formula is C13H19Cl2N. The maximum Gasteiger partial charge on any atom is 0.0456 e. The van der Waals surface area contributed by atoms with E-state index in [9.17, 15) is 0 Å². The van der Waals surface area contributed by atoms with E-state index in [4.69, 9.17) is 23.2 Å². The first kappa shape index (κ1) is 13.8. The second kappa shape index (κ2) is 6.48. The molecule has 1 aromatic rings. The fourth-order valence-corrected chi connectivity index (χ4v) is 2.36. The van der Waals surface area contributed by atoms with Crippen molar-refractivity contribution in [2.75, 3.05) is 13.1 Å². The highest BCUT2D eigenvalue weighted by Crippen LogP contribution is 2.31. The Labute approximate surface area is 108 Å². The zero-order chi connectivity index (χ0) is 12.1. The number of likely N-dealkylation sites (N-methyl/N-ethyl adjacent to an activating group) is 1. The summed E-state index contributed by atoms with van der Waals surface area (Å²) in [6.07, 6.45) is 0. The fourth-order valence-electron chi connectivity index (χ4n) is 1.81. The molecule has 90 valence electrons. The van der Waals surface area contributed by atoms with E-state index in [1.54, 1.807) is 0 Å². The second-order valence-corrected chi connectivity index (χ2v) is 5.17. The van der Waals surface area contributed by atoms with E-state index in [1.165, 1.54) is 5.56 Å². The van der Waals surface area contributed by atoms with E-state index in [-0.39, 0.29) is 0 Å². The summed E-state index contributed by atoms with van der Waals surface area (Å²) in [5, 5.41) is 4.84. The van der Waals surface area contributed by atoms with Crippen molar-refractivity contribution in [3.8, 4) is 0 Å². The van der Waals surface area contributed by atoms with Crippen LogP contribution in [0.1, 0.15) is 32.3 Å². The molecule has 0 radical (unpaired) electrons. The Hall–Kier alpha value is -0.240. The molecule has 0 aliphatic carbocycles. The van der Waals surface area contributed by atoms with E-state index >= 15 is 0 Å². The Bertz CT molecular complexity index is 337. The van der Waals surface area contributed by atoms with E-state index in [1.807, 2.05) is 18.2 Å². The van der Waals surface area contributed by atoms with Crippen LogP contribution in [0, 0.1) is 5.92 Å². The SMILES string of the molecule is CCNCC(c1ccc(Cl)cc1Cl)C(C)C. The molecule has 0 saturated carbocycles. The minimum atomic E-state index is 0.435. The van der Waals surface area contributed by atoms with Gasteiger partial charge < -0.3 is 5.32 Å². The molecule has 0 amide bonds. The molecule has 0 heterocycles. The first-order valence-electron chi connectivity index (χ1n) is 5.72. The van der Waals surface area contributed by atoms with E-state index < -0.39 is 0 Å². The van der Waals surface area contributed by atoms with Crippen LogP contribution in [0.5, 0.6) is 0 Å². The minimum absolute atomic E-state index is 0.435. The lowest BCUT2D eigenvalue weighted by molar-refractivity contribution is 0.467. The summed E-state index contributed by atoms with van der Waals surface area (Å²) < 4.78 is 0. The van der Waals surface area contributed by atoms with Gasteiger partial charge in [0.15, 0.2) is 0 Å². The molecule has 0 aromatic heterocycles. The molecule has 3 heteroatoms. The standard InChI is InChI=1S/C13H19Cl2N/c1-4-16-8-12(9(2)3)11-6-5-10(14)7-13(11)15/h5-7,9,12,16H,4,8H2,1-3H3. The van der Waals surface area contributed by atoms with Gasteiger partial charge in [-0.05, 0) is 30.2 Å². The highest BCUT2D eigenvalue weighted by molar-refractivity contribution is 6.35. The third-order valence-corrected chi connectivity index (χ3v) is 3.34. The molecule has 0 bridgehead atoms. The molecular weight excluding hydrogens is 241 g/mol. The highest BCUT2D eigenvalue weighted by Gasteiger charge is 2.18. The van der Waals surface area contributed by atoms with Gasteiger partial charge in [0.1, 0.15) is 0 Å². The van der Waals surface area contributed by atoms with Gasteiger partial charge >= 0.3 is 0 Å². The molecule has 0 aliphatic heterocycles.